The fourth-order valence-electron chi connectivity index (χ4n) is 2.62. The highest BCUT2D eigenvalue weighted by Crippen LogP contribution is 2.31. The third-order valence-corrected chi connectivity index (χ3v) is 4.53. The molecule has 6 heteroatoms. The highest BCUT2D eigenvalue weighted by atomic mass is 35.5. The van der Waals surface area contributed by atoms with E-state index in [9.17, 15) is 4.79 Å². The second kappa shape index (κ2) is 8.75. The van der Waals surface area contributed by atoms with Crippen LogP contribution in [0.1, 0.15) is 31.7 Å². The van der Waals surface area contributed by atoms with Crippen LogP contribution in [0.2, 0.25) is 10.0 Å². The van der Waals surface area contributed by atoms with Crippen LogP contribution in [-0.4, -0.2) is 36.1 Å². The van der Waals surface area contributed by atoms with Gasteiger partial charge in [0.25, 0.3) is 0 Å². The van der Waals surface area contributed by atoms with Gasteiger partial charge in [-0.15, -0.1) is 0 Å². The van der Waals surface area contributed by atoms with Crippen LogP contribution in [0, 0.1) is 0 Å². The van der Waals surface area contributed by atoms with Gasteiger partial charge in [0.05, 0.1) is 23.1 Å². The molecule has 0 atom stereocenters. The minimum absolute atomic E-state index is 0.167. The first-order chi connectivity index (χ1) is 11.4. The normalized spacial score (nSPS) is 11.4. The zero-order chi connectivity index (χ0) is 17.7. The standard InChI is InChI=1S/C18H24Cl2N2O2/c1-4-5-8-24-18(23)6-7-22-12-13(11-21(2)3)14-9-15(19)16(20)10-17(14)22/h9-10,12H,4-8,11H2,1-3H3. The lowest BCUT2D eigenvalue weighted by Gasteiger charge is -2.08. The fraction of sp³-hybridized carbons (Fsp3) is 0.500. The minimum atomic E-state index is -0.167. The molecule has 0 amide bonds. The number of aromatic nitrogens is 1. The van der Waals surface area contributed by atoms with Crippen LogP contribution < -0.4 is 0 Å². The summed E-state index contributed by atoms with van der Waals surface area (Å²) in [6.07, 6.45) is 4.33. The van der Waals surface area contributed by atoms with Crippen LogP contribution in [0.25, 0.3) is 10.9 Å². The number of aryl methyl sites for hydroxylation is 1. The minimum Gasteiger partial charge on any atom is -0.466 e. The lowest BCUT2D eigenvalue weighted by atomic mass is 10.1. The summed E-state index contributed by atoms with van der Waals surface area (Å²) in [5.74, 6) is -0.167. The summed E-state index contributed by atoms with van der Waals surface area (Å²) < 4.78 is 7.28. The fourth-order valence-corrected chi connectivity index (χ4v) is 2.95. The summed E-state index contributed by atoms with van der Waals surface area (Å²) in [4.78, 5) is 13.9. The summed E-state index contributed by atoms with van der Waals surface area (Å²) in [6.45, 7) is 3.92. The molecule has 1 aromatic heterocycles. The van der Waals surface area contributed by atoms with E-state index >= 15 is 0 Å². The average Bonchev–Trinajstić information content (AvgIpc) is 2.82. The molecule has 0 saturated heterocycles. The maximum Gasteiger partial charge on any atom is 0.307 e. The second-order valence-corrected chi connectivity index (χ2v) is 7.01. The van der Waals surface area contributed by atoms with Crippen LogP contribution >= 0.6 is 23.2 Å². The number of hydrogen-bond acceptors (Lipinski definition) is 3. The van der Waals surface area contributed by atoms with Gasteiger partial charge in [0.1, 0.15) is 0 Å². The van der Waals surface area contributed by atoms with Crippen LogP contribution in [0.15, 0.2) is 18.3 Å². The molecule has 0 aliphatic rings. The molecule has 0 unspecified atom stereocenters. The zero-order valence-electron chi connectivity index (χ0n) is 14.4. The number of nitrogens with zero attached hydrogens (tertiary/aromatic N) is 2. The molecule has 0 fully saturated rings. The van der Waals surface area contributed by atoms with E-state index in [1.807, 2.05) is 26.2 Å². The van der Waals surface area contributed by atoms with Gasteiger partial charge in [0.15, 0.2) is 0 Å². The first kappa shape index (κ1) is 19.1. The van der Waals surface area contributed by atoms with Crippen molar-refractivity contribution in [2.75, 3.05) is 20.7 Å². The largest absolute Gasteiger partial charge is 0.466 e. The van der Waals surface area contributed by atoms with Gasteiger partial charge in [0.2, 0.25) is 0 Å². The van der Waals surface area contributed by atoms with Crippen molar-refractivity contribution in [3.63, 3.8) is 0 Å². The Morgan fingerprint density at radius 2 is 1.96 bits per heavy atom. The quantitative estimate of drug-likeness (QED) is 0.496. The summed E-state index contributed by atoms with van der Waals surface area (Å²) in [7, 11) is 4.04. The van der Waals surface area contributed by atoms with E-state index in [0.29, 0.717) is 29.6 Å². The van der Waals surface area contributed by atoms with Gasteiger partial charge < -0.3 is 14.2 Å². The van der Waals surface area contributed by atoms with E-state index in [1.165, 1.54) is 0 Å². The summed E-state index contributed by atoms with van der Waals surface area (Å²) >= 11 is 12.3. The van der Waals surface area contributed by atoms with Crippen molar-refractivity contribution in [2.45, 2.75) is 39.3 Å². The van der Waals surface area contributed by atoms with E-state index in [4.69, 9.17) is 27.9 Å². The van der Waals surface area contributed by atoms with Gasteiger partial charge in [-0.2, -0.15) is 0 Å². The molecular formula is C18H24Cl2N2O2. The van der Waals surface area contributed by atoms with E-state index in [-0.39, 0.29) is 5.97 Å². The molecule has 0 radical (unpaired) electrons. The number of rotatable bonds is 8. The van der Waals surface area contributed by atoms with Gasteiger partial charge in [-0.05, 0) is 38.2 Å². The molecule has 2 rings (SSSR count). The molecule has 0 aliphatic carbocycles. The topological polar surface area (TPSA) is 34.5 Å². The van der Waals surface area contributed by atoms with Crippen LogP contribution in [0.3, 0.4) is 0 Å². The maximum absolute atomic E-state index is 11.8. The number of esters is 1. The van der Waals surface area contributed by atoms with Crippen molar-refractivity contribution in [2.24, 2.45) is 0 Å². The van der Waals surface area contributed by atoms with Crippen molar-refractivity contribution in [1.29, 1.82) is 0 Å². The first-order valence-corrected chi connectivity index (χ1v) is 8.95. The lowest BCUT2D eigenvalue weighted by Crippen LogP contribution is -2.11. The SMILES string of the molecule is CCCCOC(=O)CCn1cc(CN(C)C)c2cc(Cl)c(Cl)cc21. The number of halogens is 2. The Hall–Kier alpha value is -1.23. The molecule has 2 aromatic rings. The molecule has 0 bridgehead atoms. The number of unbranched alkanes of at least 4 members (excludes halogenated alkanes) is 1. The van der Waals surface area contributed by atoms with Gasteiger partial charge >= 0.3 is 5.97 Å². The highest BCUT2D eigenvalue weighted by molar-refractivity contribution is 6.42. The monoisotopic (exact) mass is 370 g/mol. The lowest BCUT2D eigenvalue weighted by molar-refractivity contribution is -0.144. The maximum atomic E-state index is 11.8. The van der Waals surface area contributed by atoms with E-state index in [0.717, 1.165) is 35.9 Å². The number of ether oxygens (including phenoxy) is 1. The zero-order valence-corrected chi connectivity index (χ0v) is 16.0. The Morgan fingerprint density at radius 1 is 1.25 bits per heavy atom. The second-order valence-electron chi connectivity index (χ2n) is 6.19. The average molecular weight is 371 g/mol. The number of hydrogen-bond donors (Lipinski definition) is 0. The Morgan fingerprint density at radius 3 is 2.62 bits per heavy atom. The van der Waals surface area contributed by atoms with Gasteiger partial charge in [0, 0.05) is 30.2 Å². The Kier molecular flexibility index (Phi) is 6.96. The van der Waals surface area contributed by atoms with Crippen molar-refractivity contribution < 1.29 is 9.53 Å². The molecular weight excluding hydrogens is 347 g/mol. The molecule has 0 saturated carbocycles. The van der Waals surface area contributed by atoms with Crippen molar-refractivity contribution in [3.8, 4) is 0 Å². The number of carbonyl (C=O) groups is 1. The summed E-state index contributed by atoms with van der Waals surface area (Å²) in [5, 5.41) is 2.13. The third-order valence-electron chi connectivity index (χ3n) is 3.81. The van der Waals surface area contributed by atoms with Gasteiger partial charge in [-0.3, -0.25) is 4.79 Å². The van der Waals surface area contributed by atoms with Crippen LogP contribution in [0.4, 0.5) is 0 Å². The number of fused-ring (bicyclic) bond motifs is 1. The molecule has 24 heavy (non-hydrogen) atoms. The number of benzene rings is 1. The molecule has 4 nitrogen and oxygen atoms in total. The predicted octanol–water partition coefficient (Wildman–Crippen LogP) is 4.74. The van der Waals surface area contributed by atoms with Crippen LogP contribution in [-0.2, 0) is 22.6 Å². The van der Waals surface area contributed by atoms with Crippen LogP contribution in [0.5, 0.6) is 0 Å². The first-order valence-electron chi connectivity index (χ1n) is 8.19. The Labute approximate surface area is 153 Å². The molecule has 0 aliphatic heterocycles. The Balaban J connectivity index is 2.19. The summed E-state index contributed by atoms with van der Waals surface area (Å²) in [5.41, 5.74) is 2.15. The van der Waals surface area contributed by atoms with Gasteiger partial charge in [-0.25, -0.2) is 0 Å². The van der Waals surface area contributed by atoms with Gasteiger partial charge in [-0.1, -0.05) is 36.5 Å². The number of carbonyl (C=O) groups excluding carboxylic acids is 1. The molecule has 0 spiro atoms. The molecule has 1 heterocycles. The van der Waals surface area contributed by atoms with Crippen molar-refractivity contribution in [3.05, 3.63) is 33.9 Å². The van der Waals surface area contributed by atoms with Crippen molar-refractivity contribution >= 4 is 40.1 Å². The predicted molar refractivity (Wildman–Crippen MR) is 99.8 cm³/mol. The molecule has 0 N–H and O–H groups in total. The smallest absolute Gasteiger partial charge is 0.307 e. The Bertz CT molecular complexity index is 711. The van der Waals surface area contributed by atoms with E-state index in [1.54, 1.807) is 0 Å². The molecule has 132 valence electrons. The van der Waals surface area contributed by atoms with E-state index < -0.39 is 0 Å². The summed E-state index contributed by atoms with van der Waals surface area (Å²) in [6, 6.07) is 3.76. The third kappa shape index (κ3) is 4.88. The highest BCUT2D eigenvalue weighted by Gasteiger charge is 2.13. The van der Waals surface area contributed by atoms with Crippen molar-refractivity contribution in [1.82, 2.24) is 9.47 Å². The molecule has 1 aromatic carbocycles. The van der Waals surface area contributed by atoms with E-state index in [2.05, 4.69) is 22.6 Å².